The Hall–Kier alpha value is -1.06. The Morgan fingerprint density at radius 3 is 2.35 bits per heavy atom. The smallest absolute Gasteiger partial charge is 0.222 e. The van der Waals surface area contributed by atoms with Gasteiger partial charge in [-0.1, -0.05) is 6.92 Å². The fourth-order valence-corrected chi connectivity index (χ4v) is 2.52. The molecule has 0 N–H and O–H groups in total. The van der Waals surface area contributed by atoms with Gasteiger partial charge in [-0.05, 0) is 19.3 Å². The zero-order valence-corrected chi connectivity index (χ0v) is 10.8. The monoisotopic (exact) mass is 237 g/mol. The van der Waals surface area contributed by atoms with Crippen molar-refractivity contribution in [2.24, 2.45) is 5.10 Å². The average Bonchev–Trinajstić information content (AvgIpc) is 2.40. The maximum absolute atomic E-state index is 11.5. The molecule has 0 unspecified atom stereocenters. The first-order valence-corrected chi connectivity index (χ1v) is 6.88. The number of carbonyl (C=O) groups is 1. The summed E-state index contributed by atoms with van der Waals surface area (Å²) in [5, 5.41) is 6.95. The molecule has 17 heavy (non-hydrogen) atoms. The number of amides is 1. The van der Waals surface area contributed by atoms with E-state index in [-0.39, 0.29) is 5.91 Å². The Labute approximate surface area is 104 Å². The molecule has 0 radical (unpaired) electrons. The summed E-state index contributed by atoms with van der Waals surface area (Å²) in [7, 11) is 0. The van der Waals surface area contributed by atoms with E-state index in [4.69, 9.17) is 5.10 Å². The van der Waals surface area contributed by atoms with Crippen molar-refractivity contribution in [1.82, 2.24) is 9.91 Å². The predicted molar refractivity (Wildman–Crippen MR) is 69.0 cm³/mol. The molecule has 0 bridgehead atoms. The van der Waals surface area contributed by atoms with Crippen molar-refractivity contribution in [3.63, 3.8) is 0 Å². The van der Waals surface area contributed by atoms with Crippen LogP contribution in [0.2, 0.25) is 0 Å². The van der Waals surface area contributed by atoms with Gasteiger partial charge in [0.15, 0.2) is 0 Å². The van der Waals surface area contributed by atoms with Crippen molar-refractivity contribution in [3.05, 3.63) is 0 Å². The van der Waals surface area contributed by atoms with Crippen LogP contribution in [0, 0.1) is 0 Å². The molecule has 0 aromatic heterocycles. The van der Waals surface area contributed by atoms with Crippen molar-refractivity contribution >= 4 is 11.6 Å². The molecule has 0 aromatic carbocycles. The third-order valence-corrected chi connectivity index (χ3v) is 3.61. The van der Waals surface area contributed by atoms with Gasteiger partial charge in [0.2, 0.25) is 5.91 Å². The van der Waals surface area contributed by atoms with Crippen LogP contribution in [0.1, 0.15) is 45.4 Å². The lowest BCUT2D eigenvalue weighted by Crippen LogP contribution is -2.39. The molecule has 2 aliphatic heterocycles. The largest absolute Gasteiger partial charge is 0.342 e. The van der Waals surface area contributed by atoms with Gasteiger partial charge in [-0.3, -0.25) is 9.80 Å². The van der Waals surface area contributed by atoms with Crippen LogP contribution < -0.4 is 0 Å². The van der Waals surface area contributed by atoms with E-state index in [1.807, 2.05) is 11.8 Å². The molecule has 0 spiro atoms. The highest BCUT2D eigenvalue weighted by molar-refractivity contribution is 5.87. The molecule has 2 fully saturated rings. The van der Waals surface area contributed by atoms with Crippen LogP contribution in [0.4, 0.5) is 0 Å². The van der Waals surface area contributed by atoms with E-state index in [0.717, 1.165) is 39.0 Å². The van der Waals surface area contributed by atoms with Crippen LogP contribution in [0.5, 0.6) is 0 Å². The summed E-state index contributed by atoms with van der Waals surface area (Å²) in [6.45, 7) is 5.88. The minimum atomic E-state index is 0.280. The molecule has 0 aromatic rings. The minimum Gasteiger partial charge on any atom is -0.342 e. The summed E-state index contributed by atoms with van der Waals surface area (Å²) < 4.78 is 0. The third-order valence-electron chi connectivity index (χ3n) is 3.61. The molecule has 96 valence electrons. The van der Waals surface area contributed by atoms with E-state index in [2.05, 4.69) is 5.01 Å². The summed E-state index contributed by atoms with van der Waals surface area (Å²) in [6, 6.07) is 0. The lowest BCUT2D eigenvalue weighted by molar-refractivity contribution is -0.130. The van der Waals surface area contributed by atoms with Crippen LogP contribution in [0.25, 0.3) is 0 Å². The van der Waals surface area contributed by atoms with Gasteiger partial charge in [-0.25, -0.2) is 0 Å². The zero-order chi connectivity index (χ0) is 12.1. The maximum atomic E-state index is 11.5. The molecule has 0 atom stereocenters. The quantitative estimate of drug-likeness (QED) is 0.735. The van der Waals surface area contributed by atoms with Gasteiger partial charge in [0.1, 0.15) is 0 Å². The molecule has 2 saturated heterocycles. The SMILES string of the molecule is CCC(=O)N1CCC(=NN2CCCCC2)CC1. The summed E-state index contributed by atoms with van der Waals surface area (Å²) in [5.74, 6) is 0.280. The average molecular weight is 237 g/mol. The highest BCUT2D eigenvalue weighted by Gasteiger charge is 2.19. The Morgan fingerprint density at radius 2 is 1.76 bits per heavy atom. The lowest BCUT2D eigenvalue weighted by atomic mass is 10.1. The molecular weight excluding hydrogens is 214 g/mol. The second kappa shape index (κ2) is 6.03. The Balaban J connectivity index is 1.81. The van der Waals surface area contributed by atoms with Crippen molar-refractivity contribution in [2.75, 3.05) is 26.2 Å². The van der Waals surface area contributed by atoms with Gasteiger partial charge < -0.3 is 4.90 Å². The molecule has 4 heteroatoms. The molecule has 2 rings (SSSR count). The number of nitrogens with zero attached hydrogens (tertiary/aromatic N) is 3. The first-order chi connectivity index (χ1) is 8.29. The van der Waals surface area contributed by atoms with Crippen LogP contribution in [-0.2, 0) is 4.79 Å². The number of hydrogen-bond acceptors (Lipinski definition) is 3. The first kappa shape index (κ1) is 12.4. The fourth-order valence-electron chi connectivity index (χ4n) is 2.52. The molecule has 1 amide bonds. The van der Waals surface area contributed by atoms with Crippen molar-refractivity contribution in [2.45, 2.75) is 45.4 Å². The molecule has 2 aliphatic rings. The zero-order valence-electron chi connectivity index (χ0n) is 10.8. The van der Waals surface area contributed by atoms with E-state index < -0.39 is 0 Å². The van der Waals surface area contributed by atoms with Crippen LogP contribution >= 0.6 is 0 Å². The van der Waals surface area contributed by atoms with Crippen molar-refractivity contribution < 1.29 is 4.79 Å². The summed E-state index contributed by atoms with van der Waals surface area (Å²) >= 11 is 0. The Bertz CT molecular complexity index is 285. The summed E-state index contributed by atoms with van der Waals surface area (Å²) in [6.07, 6.45) is 6.44. The summed E-state index contributed by atoms with van der Waals surface area (Å²) in [5.41, 5.74) is 1.28. The van der Waals surface area contributed by atoms with Gasteiger partial charge in [0.05, 0.1) is 0 Å². The first-order valence-electron chi connectivity index (χ1n) is 6.88. The molecule has 2 heterocycles. The number of carbonyl (C=O) groups excluding carboxylic acids is 1. The highest BCUT2D eigenvalue weighted by Crippen LogP contribution is 2.13. The van der Waals surface area contributed by atoms with Gasteiger partial charge in [0, 0.05) is 51.2 Å². The number of rotatable bonds is 2. The van der Waals surface area contributed by atoms with E-state index >= 15 is 0 Å². The van der Waals surface area contributed by atoms with Gasteiger partial charge >= 0.3 is 0 Å². The van der Waals surface area contributed by atoms with Crippen molar-refractivity contribution in [1.29, 1.82) is 0 Å². The molecule has 0 saturated carbocycles. The van der Waals surface area contributed by atoms with E-state index in [1.54, 1.807) is 0 Å². The predicted octanol–water partition coefficient (Wildman–Crippen LogP) is 1.86. The van der Waals surface area contributed by atoms with Gasteiger partial charge in [0.25, 0.3) is 0 Å². The number of hydrogen-bond donors (Lipinski definition) is 0. The fraction of sp³-hybridized carbons (Fsp3) is 0.846. The Morgan fingerprint density at radius 1 is 1.12 bits per heavy atom. The minimum absolute atomic E-state index is 0.280. The normalized spacial score (nSPS) is 21.6. The summed E-state index contributed by atoms with van der Waals surface area (Å²) in [4.78, 5) is 13.5. The Kier molecular flexibility index (Phi) is 4.40. The number of likely N-dealkylation sites (tertiary alicyclic amines) is 1. The van der Waals surface area contributed by atoms with Crippen molar-refractivity contribution in [3.8, 4) is 0 Å². The third kappa shape index (κ3) is 3.45. The lowest BCUT2D eigenvalue weighted by Gasteiger charge is -2.30. The second-order valence-corrected chi connectivity index (χ2v) is 4.91. The van der Waals surface area contributed by atoms with Gasteiger partial charge in [-0.15, -0.1) is 0 Å². The standard InChI is InChI=1S/C13H23N3O/c1-2-13(17)15-10-6-12(7-11-15)14-16-8-4-3-5-9-16/h2-11H2,1H3. The van der Waals surface area contributed by atoms with E-state index in [9.17, 15) is 4.79 Å². The van der Waals surface area contributed by atoms with E-state index in [1.165, 1.54) is 25.0 Å². The van der Waals surface area contributed by atoms with Crippen LogP contribution in [-0.4, -0.2) is 47.7 Å². The second-order valence-electron chi connectivity index (χ2n) is 4.91. The maximum Gasteiger partial charge on any atom is 0.222 e. The van der Waals surface area contributed by atoms with Crippen LogP contribution in [0.3, 0.4) is 0 Å². The molecule has 4 nitrogen and oxygen atoms in total. The molecule has 0 aliphatic carbocycles. The van der Waals surface area contributed by atoms with Crippen LogP contribution in [0.15, 0.2) is 5.10 Å². The number of hydrazone groups is 1. The highest BCUT2D eigenvalue weighted by atomic mass is 16.2. The van der Waals surface area contributed by atoms with E-state index in [0.29, 0.717) is 6.42 Å². The number of piperidine rings is 2. The molecular formula is C13H23N3O. The van der Waals surface area contributed by atoms with Gasteiger partial charge in [-0.2, -0.15) is 5.10 Å². The topological polar surface area (TPSA) is 35.9 Å².